The number of rotatable bonds is 4. The first-order chi connectivity index (χ1) is 21.3. The van der Waals surface area contributed by atoms with Gasteiger partial charge >= 0.3 is 0 Å². The Hall–Kier alpha value is -5.32. The van der Waals surface area contributed by atoms with Crippen molar-refractivity contribution in [3.8, 4) is 11.1 Å². The van der Waals surface area contributed by atoms with Gasteiger partial charge in [-0.1, -0.05) is 78.9 Å². The molecule has 4 heteroatoms. The molecule has 0 fully saturated rings. The fraction of sp³-hybridized carbons (Fsp3) is 0.0256. The van der Waals surface area contributed by atoms with Gasteiger partial charge in [-0.2, -0.15) is 0 Å². The highest BCUT2D eigenvalue weighted by molar-refractivity contribution is 7.26. The largest absolute Gasteiger partial charge is 0.456 e. The minimum Gasteiger partial charge on any atom is -0.456 e. The molecule has 9 rings (SSSR count). The molecule has 0 spiro atoms. The molecule has 0 aliphatic carbocycles. The maximum Gasteiger partial charge on any atom is 0.137 e. The normalized spacial score (nSPS) is 12.7. The Balaban J connectivity index is 1.29. The first-order valence-electron chi connectivity index (χ1n) is 14.6. The van der Waals surface area contributed by atoms with Crippen LogP contribution in [0.2, 0.25) is 0 Å². The average Bonchev–Trinajstić information content (AvgIpc) is 3.64. The van der Waals surface area contributed by atoms with Crippen molar-refractivity contribution < 1.29 is 4.42 Å². The van der Waals surface area contributed by atoms with Gasteiger partial charge in [-0.05, 0) is 77.0 Å². The quantitative estimate of drug-likeness (QED) is 0.228. The van der Waals surface area contributed by atoms with Gasteiger partial charge in [0.1, 0.15) is 11.2 Å². The van der Waals surface area contributed by atoms with Crippen LogP contribution in [0.25, 0.3) is 59.3 Å². The predicted octanol–water partition coefficient (Wildman–Crippen LogP) is 11.2. The lowest BCUT2D eigenvalue weighted by Gasteiger charge is -2.26. The third kappa shape index (κ3) is 3.88. The van der Waals surface area contributed by atoms with Crippen LogP contribution in [0.1, 0.15) is 11.1 Å². The lowest BCUT2D eigenvalue weighted by molar-refractivity contribution is 0.669. The standard InChI is InChI=1S/C39H26N2OS/c1-2-7-25(8-3-1)26-13-16-28(17-14-26)41(29-18-20-32-31-9-4-5-11-35(31)42-36(32)23-29)34-10-6-12-37-38(34)33-19-15-27-24-40-22-21-30(27)39(33)43-37/h1-23,40H,24H2. The van der Waals surface area contributed by atoms with Gasteiger partial charge in [0.15, 0.2) is 0 Å². The number of nitrogens with one attached hydrogen (secondary N) is 1. The van der Waals surface area contributed by atoms with E-state index in [1.54, 1.807) is 0 Å². The van der Waals surface area contributed by atoms with E-state index in [4.69, 9.17) is 4.42 Å². The van der Waals surface area contributed by atoms with Gasteiger partial charge < -0.3 is 14.6 Å². The van der Waals surface area contributed by atoms with Crippen LogP contribution in [0.4, 0.5) is 17.1 Å². The Morgan fingerprint density at radius 1 is 0.628 bits per heavy atom. The Morgan fingerprint density at radius 3 is 2.30 bits per heavy atom. The minimum atomic E-state index is 0.861. The van der Waals surface area contributed by atoms with Crippen LogP contribution < -0.4 is 10.2 Å². The highest BCUT2D eigenvalue weighted by Crippen LogP contribution is 2.47. The fourth-order valence-corrected chi connectivity index (χ4v) is 7.75. The molecule has 0 unspecified atom stereocenters. The summed E-state index contributed by atoms with van der Waals surface area (Å²) in [5.41, 5.74) is 10.2. The SMILES string of the molecule is C1=Cc2c(ccc3c2sc2cccc(N(c4ccc(-c5ccccc5)cc4)c4ccc5c(c4)oc4ccccc45)c23)CN1. The second-order valence-electron chi connectivity index (χ2n) is 11.0. The van der Waals surface area contributed by atoms with Crippen LogP contribution in [0.5, 0.6) is 0 Å². The molecule has 1 aliphatic heterocycles. The topological polar surface area (TPSA) is 28.4 Å². The number of nitrogens with zero attached hydrogens (tertiary/aromatic N) is 1. The molecule has 1 N–H and O–H groups in total. The molecule has 43 heavy (non-hydrogen) atoms. The molecule has 0 saturated heterocycles. The van der Waals surface area contributed by atoms with Crippen molar-refractivity contribution in [3.05, 3.63) is 145 Å². The van der Waals surface area contributed by atoms with Gasteiger partial charge in [0.2, 0.25) is 0 Å². The van der Waals surface area contributed by atoms with Crippen LogP contribution in [0, 0.1) is 0 Å². The van der Waals surface area contributed by atoms with Gasteiger partial charge in [0.25, 0.3) is 0 Å². The van der Waals surface area contributed by atoms with Crippen molar-refractivity contribution in [2.24, 2.45) is 0 Å². The molecule has 6 aromatic carbocycles. The average molecular weight is 571 g/mol. The molecule has 2 aromatic heterocycles. The molecule has 0 saturated carbocycles. The molecule has 1 aliphatic rings. The van der Waals surface area contributed by atoms with Crippen LogP contribution in [0.15, 0.2) is 138 Å². The van der Waals surface area contributed by atoms with E-state index in [9.17, 15) is 0 Å². The molecule has 0 bridgehead atoms. The number of benzene rings is 6. The molecular formula is C39H26N2OS. The molecular weight excluding hydrogens is 545 g/mol. The van der Waals surface area contributed by atoms with E-state index >= 15 is 0 Å². The second kappa shape index (κ2) is 9.62. The van der Waals surface area contributed by atoms with Crippen molar-refractivity contribution in [1.29, 1.82) is 0 Å². The number of furan rings is 1. The van der Waals surface area contributed by atoms with Crippen molar-refractivity contribution >= 4 is 76.6 Å². The zero-order valence-electron chi connectivity index (χ0n) is 23.2. The minimum absolute atomic E-state index is 0.861. The summed E-state index contributed by atoms with van der Waals surface area (Å²) in [6.45, 7) is 0.861. The first kappa shape index (κ1) is 24.3. The number of thiophene rings is 1. The summed E-state index contributed by atoms with van der Waals surface area (Å²) in [7, 11) is 0. The van der Waals surface area contributed by atoms with Crippen LogP contribution >= 0.6 is 11.3 Å². The van der Waals surface area contributed by atoms with Gasteiger partial charge in [0, 0.05) is 54.9 Å². The van der Waals surface area contributed by atoms with Gasteiger partial charge in [-0.15, -0.1) is 11.3 Å². The molecule has 3 nitrogen and oxygen atoms in total. The summed E-state index contributed by atoms with van der Waals surface area (Å²) in [4.78, 5) is 2.38. The maximum atomic E-state index is 6.36. The number of fused-ring (bicyclic) bond motifs is 8. The van der Waals surface area contributed by atoms with E-state index < -0.39 is 0 Å². The Bertz CT molecular complexity index is 2350. The van der Waals surface area contributed by atoms with E-state index in [-0.39, 0.29) is 0 Å². The summed E-state index contributed by atoms with van der Waals surface area (Å²) >= 11 is 1.88. The number of hydrogen-bond acceptors (Lipinski definition) is 4. The Labute approximate surface area is 252 Å². The lowest BCUT2D eigenvalue weighted by atomic mass is 10.00. The number of para-hydroxylation sites is 1. The highest BCUT2D eigenvalue weighted by atomic mass is 32.1. The van der Waals surface area contributed by atoms with Crippen molar-refractivity contribution in [2.75, 3.05) is 4.90 Å². The molecule has 8 aromatic rings. The van der Waals surface area contributed by atoms with E-state index in [1.165, 1.54) is 42.4 Å². The molecule has 204 valence electrons. The molecule has 0 amide bonds. The van der Waals surface area contributed by atoms with Crippen molar-refractivity contribution in [1.82, 2.24) is 5.32 Å². The van der Waals surface area contributed by atoms with E-state index in [1.807, 2.05) is 23.5 Å². The molecule has 3 heterocycles. The molecule has 0 radical (unpaired) electrons. The predicted molar refractivity (Wildman–Crippen MR) is 183 cm³/mol. The summed E-state index contributed by atoms with van der Waals surface area (Å²) in [6, 6.07) is 45.6. The van der Waals surface area contributed by atoms with E-state index in [0.29, 0.717) is 0 Å². The molecule has 0 atom stereocenters. The van der Waals surface area contributed by atoms with Gasteiger partial charge in [-0.25, -0.2) is 0 Å². The van der Waals surface area contributed by atoms with E-state index in [2.05, 4.69) is 138 Å². The first-order valence-corrected chi connectivity index (χ1v) is 15.4. The van der Waals surface area contributed by atoms with Crippen LogP contribution in [-0.2, 0) is 6.54 Å². The Kier molecular flexibility index (Phi) is 5.43. The Morgan fingerprint density at radius 2 is 1.40 bits per heavy atom. The van der Waals surface area contributed by atoms with Crippen molar-refractivity contribution in [2.45, 2.75) is 6.54 Å². The zero-order valence-corrected chi connectivity index (χ0v) is 24.1. The van der Waals surface area contributed by atoms with Gasteiger partial charge in [0.05, 0.1) is 5.69 Å². The zero-order chi connectivity index (χ0) is 28.3. The number of anilines is 3. The van der Waals surface area contributed by atoms with E-state index in [0.717, 1.165) is 45.5 Å². The van der Waals surface area contributed by atoms with Gasteiger partial charge in [-0.3, -0.25) is 0 Å². The number of hydrogen-bond donors (Lipinski definition) is 1. The third-order valence-electron chi connectivity index (χ3n) is 8.53. The fourth-order valence-electron chi connectivity index (χ4n) is 6.48. The summed E-state index contributed by atoms with van der Waals surface area (Å²) < 4.78 is 8.98. The second-order valence-corrected chi connectivity index (χ2v) is 12.1. The summed E-state index contributed by atoms with van der Waals surface area (Å²) in [6.07, 6.45) is 4.28. The summed E-state index contributed by atoms with van der Waals surface area (Å²) in [5.74, 6) is 0. The van der Waals surface area contributed by atoms with Crippen LogP contribution in [0.3, 0.4) is 0 Å². The third-order valence-corrected chi connectivity index (χ3v) is 9.73. The van der Waals surface area contributed by atoms with Crippen LogP contribution in [-0.4, -0.2) is 0 Å². The highest BCUT2D eigenvalue weighted by Gasteiger charge is 2.21. The smallest absolute Gasteiger partial charge is 0.137 e. The summed E-state index contributed by atoms with van der Waals surface area (Å²) in [5, 5.41) is 8.19. The monoisotopic (exact) mass is 570 g/mol. The van der Waals surface area contributed by atoms with Crippen molar-refractivity contribution in [3.63, 3.8) is 0 Å². The lowest BCUT2D eigenvalue weighted by Crippen LogP contribution is -2.10. The maximum absolute atomic E-state index is 6.36.